The van der Waals surface area contributed by atoms with Crippen molar-refractivity contribution in [2.24, 2.45) is 5.41 Å². The fourth-order valence-corrected chi connectivity index (χ4v) is 2.46. The van der Waals surface area contributed by atoms with Crippen LogP contribution in [0.25, 0.3) is 0 Å². The second-order valence-electron chi connectivity index (χ2n) is 5.34. The van der Waals surface area contributed by atoms with Crippen LogP contribution in [0.3, 0.4) is 0 Å². The van der Waals surface area contributed by atoms with Gasteiger partial charge in [0, 0.05) is 13.1 Å². The van der Waals surface area contributed by atoms with Crippen LogP contribution in [0.1, 0.15) is 33.1 Å². The Morgan fingerprint density at radius 2 is 2.22 bits per heavy atom. The molecule has 0 aromatic heterocycles. The van der Waals surface area contributed by atoms with Crippen LogP contribution in [-0.4, -0.2) is 41.1 Å². The van der Waals surface area contributed by atoms with E-state index in [9.17, 15) is 14.7 Å². The highest BCUT2D eigenvalue weighted by molar-refractivity contribution is 5.83. The third-order valence-electron chi connectivity index (χ3n) is 3.39. The largest absolute Gasteiger partial charge is 0.480 e. The number of carbonyl (C=O) groups excluding carboxylic acids is 1. The van der Waals surface area contributed by atoms with E-state index in [2.05, 4.69) is 11.9 Å². The highest BCUT2D eigenvalue weighted by atomic mass is 16.4. The van der Waals surface area contributed by atoms with Gasteiger partial charge in [-0.2, -0.15) is 0 Å². The van der Waals surface area contributed by atoms with Crippen molar-refractivity contribution in [3.8, 4) is 0 Å². The fourth-order valence-electron chi connectivity index (χ4n) is 2.46. The van der Waals surface area contributed by atoms with E-state index in [0.29, 0.717) is 19.5 Å². The molecule has 1 aliphatic rings. The molecule has 1 heterocycles. The standard InChI is InChI=1S/C13H22N2O3/c1-4-5-8-14-12(18)15-9-6-7-13(2,3)10(15)11(16)17/h4,10H,1,5-9H2,2-3H3,(H,14,18)(H,16,17). The lowest BCUT2D eigenvalue weighted by molar-refractivity contribution is -0.148. The average molecular weight is 254 g/mol. The smallest absolute Gasteiger partial charge is 0.327 e. The van der Waals surface area contributed by atoms with E-state index in [1.54, 1.807) is 6.08 Å². The lowest BCUT2D eigenvalue weighted by atomic mass is 9.76. The Morgan fingerprint density at radius 1 is 1.56 bits per heavy atom. The fraction of sp³-hybridized carbons (Fsp3) is 0.692. The van der Waals surface area contributed by atoms with Gasteiger partial charge in [0.05, 0.1) is 0 Å². The van der Waals surface area contributed by atoms with Gasteiger partial charge in [0.15, 0.2) is 0 Å². The molecule has 0 bridgehead atoms. The van der Waals surface area contributed by atoms with Crippen molar-refractivity contribution >= 4 is 12.0 Å². The Kier molecular flexibility index (Phi) is 4.76. The molecule has 0 radical (unpaired) electrons. The topological polar surface area (TPSA) is 69.6 Å². The zero-order valence-corrected chi connectivity index (χ0v) is 11.1. The second kappa shape index (κ2) is 5.89. The molecule has 2 amide bonds. The molecule has 1 unspecified atom stereocenters. The summed E-state index contributed by atoms with van der Waals surface area (Å²) >= 11 is 0. The van der Waals surface area contributed by atoms with Crippen LogP contribution in [0, 0.1) is 5.41 Å². The number of nitrogens with one attached hydrogen (secondary N) is 1. The Hall–Kier alpha value is -1.52. The predicted octanol–water partition coefficient (Wildman–Crippen LogP) is 1.85. The van der Waals surface area contributed by atoms with Crippen molar-refractivity contribution in [3.05, 3.63) is 12.7 Å². The number of carboxylic acids is 1. The SMILES string of the molecule is C=CCCNC(=O)N1CCCC(C)(C)C1C(=O)O. The number of carbonyl (C=O) groups is 2. The van der Waals surface area contributed by atoms with E-state index in [-0.39, 0.29) is 11.4 Å². The van der Waals surface area contributed by atoms with Crippen LogP contribution >= 0.6 is 0 Å². The quantitative estimate of drug-likeness (QED) is 0.594. The minimum atomic E-state index is -0.932. The molecule has 0 saturated carbocycles. The van der Waals surface area contributed by atoms with E-state index in [1.807, 2.05) is 13.8 Å². The molecule has 1 rings (SSSR count). The summed E-state index contributed by atoms with van der Waals surface area (Å²) in [4.78, 5) is 24.8. The van der Waals surface area contributed by atoms with Gasteiger partial charge in [-0.05, 0) is 24.7 Å². The molecule has 0 aliphatic carbocycles. The molecular formula is C13H22N2O3. The van der Waals surface area contributed by atoms with Crippen LogP contribution in [-0.2, 0) is 4.79 Å². The lowest BCUT2D eigenvalue weighted by Gasteiger charge is -2.43. The third kappa shape index (κ3) is 3.24. The van der Waals surface area contributed by atoms with Crippen molar-refractivity contribution in [2.45, 2.75) is 39.2 Å². The molecule has 1 atom stereocenters. The van der Waals surface area contributed by atoms with Crippen LogP contribution in [0.15, 0.2) is 12.7 Å². The van der Waals surface area contributed by atoms with Crippen molar-refractivity contribution < 1.29 is 14.7 Å². The van der Waals surface area contributed by atoms with E-state index >= 15 is 0 Å². The maximum Gasteiger partial charge on any atom is 0.327 e. The summed E-state index contributed by atoms with van der Waals surface area (Å²) in [6.07, 6.45) is 4.06. The molecule has 18 heavy (non-hydrogen) atoms. The zero-order chi connectivity index (χ0) is 13.8. The number of nitrogens with zero attached hydrogens (tertiary/aromatic N) is 1. The first-order chi connectivity index (χ1) is 8.40. The summed E-state index contributed by atoms with van der Waals surface area (Å²) in [5, 5.41) is 12.1. The number of hydrogen-bond acceptors (Lipinski definition) is 2. The van der Waals surface area contributed by atoms with Crippen LogP contribution in [0.5, 0.6) is 0 Å². The van der Waals surface area contributed by atoms with Gasteiger partial charge in [-0.1, -0.05) is 19.9 Å². The zero-order valence-electron chi connectivity index (χ0n) is 11.1. The molecular weight excluding hydrogens is 232 g/mol. The van der Waals surface area contributed by atoms with E-state index in [1.165, 1.54) is 4.90 Å². The van der Waals surface area contributed by atoms with Crippen molar-refractivity contribution in [2.75, 3.05) is 13.1 Å². The molecule has 102 valence electrons. The minimum Gasteiger partial charge on any atom is -0.480 e. The molecule has 1 fully saturated rings. The number of likely N-dealkylation sites (tertiary alicyclic amines) is 1. The highest BCUT2D eigenvalue weighted by Gasteiger charge is 2.44. The van der Waals surface area contributed by atoms with E-state index < -0.39 is 12.0 Å². The maximum atomic E-state index is 12.0. The normalized spacial score (nSPS) is 22.3. The molecule has 5 nitrogen and oxygen atoms in total. The van der Waals surface area contributed by atoms with Gasteiger partial charge in [-0.25, -0.2) is 9.59 Å². The van der Waals surface area contributed by atoms with Crippen molar-refractivity contribution in [3.63, 3.8) is 0 Å². The van der Waals surface area contributed by atoms with Gasteiger partial charge in [0.2, 0.25) is 0 Å². The summed E-state index contributed by atoms with van der Waals surface area (Å²) in [7, 11) is 0. The van der Waals surface area contributed by atoms with Gasteiger partial charge in [-0.15, -0.1) is 6.58 Å². The molecule has 1 aliphatic heterocycles. The van der Waals surface area contributed by atoms with Gasteiger partial charge in [0.1, 0.15) is 6.04 Å². The number of urea groups is 1. The Morgan fingerprint density at radius 3 is 2.78 bits per heavy atom. The number of carboxylic acid groups (broad SMARTS) is 1. The summed E-state index contributed by atoms with van der Waals surface area (Å²) in [5.74, 6) is -0.932. The lowest BCUT2D eigenvalue weighted by Crippen LogP contribution is -2.58. The van der Waals surface area contributed by atoms with E-state index in [4.69, 9.17) is 0 Å². The predicted molar refractivity (Wildman–Crippen MR) is 69.4 cm³/mol. The maximum absolute atomic E-state index is 12.0. The van der Waals surface area contributed by atoms with Gasteiger partial charge in [-0.3, -0.25) is 0 Å². The van der Waals surface area contributed by atoms with Crippen LogP contribution in [0.2, 0.25) is 0 Å². The summed E-state index contributed by atoms with van der Waals surface area (Å²) in [5.41, 5.74) is -0.389. The second-order valence-corrected chi connectivity index (χ2v) is 5.34. The van der Waals surface area contributed by atoms with Gasteiger partial charge in [0.25, 0.3) is 0 Å². The monoisotopic (exact) mass is 254 g/mol. The molecule has 5 heteroatoms. The first-order valence-electron chi connectivity index (χ1n) is 6.28. The third-order valence-corrected chi connectivity index (χ3v) is 3.39. The van der Waals surface area contributed by atoms with Crippen LogP contribution in [0.4, 0.5) is 4.79 Å². The molecule has 0 spiro atoms. The Bertz CT molecular complexity index is 339. The van der Waals surface area contributed by atoms with Crippen LogP contribution < -0.4 is 5.32 Å². The van der Waals surface area contributed by atoms with Gasteiger partial charge < -0.3 is 15.3 Å². The van der Waals surface area contributed by atoms with Crippen molar-refractivity contribution in [1.82, 2.24) is 10.2 Å². The average Bonchev–Trinajstić information content (AvgIpc) is 2.26. The highest BCUT2D eigenvalue weighted by Crippen LogP contribution is 2.35. The minimum absolute atomic E-state index is 0.294. The number of piperidine rings is 1. The van der Waals surface area contributed by atoms with E-state index in [0.717, 1.165) is 12.8 Å². The number of hydrogen-bond donors (Lipinski definition) is 2. The number of amides is 2. The van der Waals surface area contributed by atoms with Crippen molar-refractivity contribution in [1.29, 1.82) is 0 Å². The number of rotatable bonds is 4. The van der Waals surface area contributed by atoms with Gasteiger partial charge >= 0.3 is 12.0 Å². The first-order valence-corrected chi connectivity index (χ1v) is 6.28. The summed E-state index contributed by atoms with van der Waals surface area (Å²) < 4.78 is 0. The summed E-state index contributed by atoms with van der Waals surface area (Å²) in [6, 6.07) is -1.05. The Balaban J connectivity index is 2.74. The molecule has 0 aromatic rings. The first kappa shape index (κ1) is 14.5. The Labute approximate surface area is 108 Å². The number of aliphatic carboxylic acids is 1. The molecule has 1 saturated heterocycles. The molecule has 0 aromatic carbocycles. The molecule has 2 N–H and O–H groups in total. The summed E-state index contributed by atoms with van der Waals surface area (Å²) in [6.45, 7) is 8.36.